The Kier molecular flexibility index (Phi) is 8.42. The Balaban J connectivity index is 2.11. The van der Waals surface area contributed by atoms with E-state index < -0.39 is 21.7 Å². The molecule has 0 aliphatic heterocycles. The molecule has 10 heteroatoms. The lowest BCUT2D eigenvalue weighted by Gasteiger charge is -2.27. The average molecular weight is 548 g/mol. The number of primary sulfonamides is 1. The Morgan fingerprint density at radius 3 is 2.32 bits per heavy atom. The van der Waals surface area contributed by atoms with Gasteiger partial charge in [-0.3, -0.25) is 9.59 Å². The first-order valence-corrected chi connectivity index (χ1v) is 12.8. The first-order valence-electron chi connectivity index (χ1n) is 10.5. The van der Waals surface area contributed by atoms with E-state index in [0.29, 0.717) is 40.8 Å². The van der Waals surface area contributed by atoms with E-state index >= 15 is 0 Å². The Bertz CT molecular complexity index is 1240. The van der Waals surface area contributed by atoms with Gasteiger partial charge in [0.25, 0.3) is 0 Å². The fourth-order valence-electron chi connectivity index (χ4n) is 3.89. The summed E-state index contributed by atoms with van der Waals surface area (Å²) in [5.41, 5.74) is 8.42. The van der Waals surface area contributed by atoms with Crippen LogP contribution in [0.5, 0.6) is 0 Å². The van der Waals surface area contributed by atoms with Crippen molar-refractivity contribution in [3.05, 3.63) is 80.7 Å². The van der Waals surface area contributed by atoms with E-state index in [0.717, 1.165) is 4.47 Å². The van der Waals surface area contributed by atoms with Crippen LogP contribution in [0.2, 0.25) is 0 Å². The van der Waals surface area contributed by atoms with Gasteiger partial charge >= 0.3 is 0 Å². The van der Waals surface area contributed by atoms with Gasteiger partial charge in [0.15, 0.2) is 5.78 Å². The molecule has 0 bridgehead atoms. The number of hydrogen-bond donors (Lipinski definition) is 3. The summed E-state index contributed by atoms with van der Waals surface area (Å²) >= 11 is 3.39. The number of sulfonamides is 1. The molecule has 1 atom stereocenters. The number of anilines is 1. The summed E-state index contributed by atoms with van der Waals surface area (Å²) in [6.45, 7) is -0.677. The van der Waals surface area contributed by atoms with Gasteiger partial charge in [-0.05, 0) is 59.4 Å². The Hall–Kier alpha value is -2.79. The molecule has 1 aliphatic carbocycles. The molecule has 0 spiro atoms. The van der Waals surface area contributed by atoms with Crippen LogP contribution in [0.1, 0.15) is 29.9 Å². The summed E-state index contributed by atoms with van der Waals surface area (Å²) in [5.74, 6) is -1.75. The Labute approximate surface area is 207 Å². The van der Waals surface area contributed by atoms with Gasteiger partial charge in [-0.2, -0.15) is 0 Å². The van der Waals surface area contributed by atoms with Crippen molar-refractivity contribution in [3.63, 3.8) is 0 Å². The number of carbonyl (C=O) groups excluding carboxylic acids is 2. The van der Waals surface area contributed by atoms with Crippen molar-refractivity contribution in [1.82, 2.24) is 5.32 Å². The fraction of sp³-hybridized carbons (Fsp3) is 0.250. The third kappa shape index (κ3) is 6.20. The van der Waals surface area contributed by atoms with E-state index in [1.54, 1.807) is 42.5 Å². The predicted octanol–water partition coefficient (Wildman–Crippen LogP) is 2.87. The summed E-state index contributed by atoms with van der Waals surface area (Å²) in [6.07, 6.45) is 2.71. The van der Waals surface area contributed by atoms with Crippen LogP contribution in [-0.4, -0.2) is 40.4 Å². The zero-order valence-electron chi connectivity index (χ0n) is 18.6. The average Bonchev–Trinajstić information content (AvgIpc) is 2.80. The lowest BCUT2D eigenvalue weighted by molar-refractivity contribution is -0.129. The van der Waals surface area contributed by atoms with Crippen molar-refractivity contribution in [2.45, 2.75) is 18.8 Å². The second-order valence-corrected chi connectivity index (χ2v) is 10.2. The van der Waals surface area contributed by atoms with E-state index in [1.165, 1.54) is 7.05 Å². The minimum absolute atomic E-state index is 0.0671. The molecule has 2 aromatic carbocycles. The second kappa shape index (κ2) is 11.1. The number of nitrogens with one attached hydrogen (secondary N) is 1. The molecular weight excluding hydrogens is 522 g/mol. The van der Waals surface area contributed by atoms with Gasteiger partial charge in [0.2, 0.25) is 15.9 Å². The normalized spacial score (nSPS) is 15.0. The number of Topliss-reactive ketones (excluding diaryl/α,β-unsaturated/α-hetero) is 1. The van der Waals surface area contributed by atoms with Gasteiger partial charge < -0.3 is 15.8 Å². The quantitative estimate of drug-likeness (QED) is 0.412. The molecule has 0 saturated carbocycles. The van der Waals surface area contributed by atoms with Crippen LogP contribution >= 0.6 is 15.9 Å². The zero-order chi connectivity index (χ0) is 24.9. The van der Waals surface area contributed by atoms with Gasteiger partial charge in [0, 0.05) is 17.2 Å². The summed E-state index contributed by atoms with van der Waals surface area (Å²) in [5, 5.41) is 8.12. The maximum absolute atomic E-state index is 13.4. The molecule has 0 heterocycles. The van der Waals surface area contributed by atoms with Crippen molar-refractivity contribution in [2.75, 3.05) is 26.0 Å². The number of rotatable bonds is 9. The number of allylic oxidation sites excluding steroid dienone is 3. The lowest BCUT2D eigenvalue weighted by Crippen LogP contribution is -2.29. The van der Waals surface area contributed by atoms with Gasteiger partial charge in [-0.15, -0.1) is 0 Å². The number of halogens is 1. The molecule has 1 unspecified atom stereocenters. The van der Waals surface area contributed by atoms with Gasteiger partial charge in [-0.1, -0.05) is 46.3 Å². The van der Waals surface area contributed by atoms with E-state index in [-0.39, 0.29) is 24.0 Å². The predicted molar refractivity (Wildman–Crippen MR) is 135 cm³/mol. The summed E-state index contributed by atoms with van der Waals surface area (Å²) in [7, 11) is -2.73. The zero-order valence-corrected chi connectivity index (χ0v) is 21.0. The number of hydrogen-bond acceptors (Lipinski definition) is 6. The van der Waals surface area contributed by atoms with Crippen LogP contribution in [0, 0.1) is 0 Å². The fourth-order valence-corrected chi connectivity index (χ4v) is 5.25. The smallest absolute Gasteiger partial charge is 0.245 e. The molecule has 1 amide bonds. The molecule has 0 fully saturated rings. The summed E-state index contributed by atoms with van der Waals surface area (Å²) in [6, 6.07) is 13.9. The molecule has 0 saturated heterocycles. The highest BCUT2D eigenvalue weighted by Gasteiger charge is 2.35. The Morgan fingerprint density at radius 1 is 1.09 bits per heavy atom. The monoisotopic (exact) mass is 547 g/mol. The third-order valence-corrected chi connectivity index (χ3v) is 7.01. The number of ether oxygens (including phenoxy) is 1. The Morgan fingerprint density at radius 2 is 1.74 bits per heavy atom. The molecule has 34 heavy (non-hydrogen) atoms. The van der Waals surface area contributed by atoms with Crippen LogP contribution in [0.15, 0.2) is 69.6 Å². The first kappa shape index (κ1) is 25.8. The number of carbonyl (C=O) groups is 2. The molecule has 180 valence electrons. The van der Waals surface area contributed by atoms with Gasteiger partial charge in [0.05, 0.1) is 10.8 Å². The number of benzene rings is 2. The van der Waals surface area contributed by atoms with Crippen molar-refractivity contribution < 1.29 is 22.7 Å². The first-order chi connectivity index (χ1) is 16.1. The largest absolute Gasteiger partial charge is 0.399 e. The van der Waals surface area contributed by atoms with Crippen LogP contribution < -0.4 is 16.2 Å². The third-order valence-electron chi connectivity index (χ3n) is 5.43. The van der Waals surface area contributed by atoms with Gasteiger partial charge in [-0.25, -0.2) is 13.6 Å². The highest BCUT2D eigenvalue weighted by molar-refractivity contribution is 9.10. The van der Waals surface area contributed by atoms with Crippen molar-refractivity contribution >= 4 is 48.9 Å². The number of nitrogens with two attached hydrogens (primary N) is 2. The number of ketones is 1. The number of nitrogen functional groups attached to an aromatic ring is 1. The molecule has 0 radical (unpaired) electrons. The van der Waals surface area contributed by atoms with Crippen molar-refractivity contribution in [1.29, 1.82) is 0 Å². The highest BCUT2D eigenvalue weighted by atomic mass is 79.9. The topological polar surface area (TPSA) is 142 Å². The summed E-state index contributed by atoms with van der Waals surface area (Å²) in [4.78, 5) is 24.8. The lowest BCUT2D eigenvalue weighted by atomic mass is 9.81. The minimum atomic E-state index is -4.20. The van der Waals surface area contributed by atoms with Crippen LogP contribution in [-0.2, 0) is 24.3 Å². The number of amides is 1. The van der Waals surface area contributed by atoms with E-state index in [9.17, 15) is 18.0 Å². The van der Waals surface area contributed by atoms with E-state index in [4.69, 9.17) is 15.6 Å². The van der Waals surface area contributed by atoms with Crippen LogP contribution in [0.3, 0.4) is 0 Å². The van der Waals surface area contributed by atoms with Crippen LogP contribution in [0.4, 0.5) is 5.69 Å². The molecule has 2 aromatic rings. The SMILES string of the molecule is CNC(=O)COCC(=O)C(C1=CCCC(c2ccc(Br)cc2)=C1S(N)(=O)=O)c1ccc(N)cc1. The molecule has 5 N–H and O–H groups in total. The summed E-state index contributed by atoms with van der Waals surface area (Å²) < 4.78 is 31.9. The molecule has 1 aliphatic rings. The van der Waals surface area contributed by atoms with Crippen molar-refractivity contribution in [3.8, 4) is 0 Å². The molecule has 0 aromatic heterocycles. The molecular formula is C24H26BrN3O5S. The standard InChI is InChI=1S/C24H26BrN3O5S/c1-28-22(30)14-33-13-21(29)23(16-7-11-18(26)12-8-16)20-4-2-3-19(24(20)34(27,31)32)15-5-9-17(25)10-6-15/h4-12,23H,2-3,13-14,26H2,1H3,(H,28,30)(H2,27,31,32). The molecule has 8 nitrogen and oxygen atoms in total. The second-order valence-electron chi connectivity index (χ2n) is 7.79. The molecule has 3 rings (SSSR count). The minimum Gasteiger partial charge on any atom is -0.399 e. The van der Waals surface area contributed by atoms with E-state index in [1.807, 2.05) is 12.1 Å². The van der Waals surface area contributed by atoms with E-state index in [2.05, 4.69) is 21.2 Å². The maximum Gasteiger partial charge on any atom is 0.245 e. The number of likely N-dealkylation sites (N-methyl/N-ethyl adjacent to an activating group) is 1. The maximum atomic E-state index is 13.4. The highest BCUT2D eigenvalue weighted by Crippen LogP contribution is 2.42. The van der Waals surface area contributed by atoms with Crippen molar-refractivity contribution in [2.24, 2.45) is 5.14 Å². The van der Waals surface area contributed by atoms with Crippen LogP contribution in [0.25, 0.3) is 5.57 Å². The van der Waals surface area contributed by atoms with Gasteiger partial charge in [0.1, 0.15) is 13.2 Å².